The fraction of sp³-hybridized carbons (Fsp3) is 0.0833. The third-order valence-electron chi connectivity index (χ3n) is 4.99. The second kappa shape index (κ2) is 9.35. The van der Waals surface area contributed by atoms with E-state index in [2.05, 4.69) is 0 Å². The molecular formula is C24H15Cl2NO4S2. The molecule has 0 aliphatic carbocycles. The number of amides is 2. The Balaban J connectivity index is 1.38. The Kier molecular flexibility index (Phi) is 6.29. The van der Waals surface area contributed by atoms with Crippen molar-refractivity contribution in [2.45, 2.75) is 16.3 Å². The van der Waals surface area contributed by atoms with Gasteiger partial charge in [0.1, 0.15) is 0 Å². The molecule has 1 saturated heterocycles. The van der Waals surface area contributed by atoms with E-state index >= 15 is 0 Å². The Morgan fingerprint density at radius 3 is 2.52 bits per heavy atom. The fourth-order valence-electron chi connectivity index (χ4n) is 3.35. The Bertz CT molecular complexity index is 1290. The Hall–Kier alpha value is -2.58. The van der Waals surface area contributed by atoms with E-state index in [9.17, 15) is 9.59 Å². The van der Waals surface area contributed by atoms with Crippen LogP contribution in [0.25, 0.3) is 6.08 Å². The summed E-state index contributed by atoms with van der Waals surface area (Å²) >= 11 is 14.8. The molecule has 33 heavy (non-hydrogen) atoms. The molecule has 166 valence electrons. The minimum absolute atomic E-state index is 0.0542. The molecule has 0 unspecified atom stereocenters. The summed E-state index contributed by atoms with van der Waals surface area (Å²) in [7, 11) is 0. The van der Waals surface area contributed by atoms with Crippen molar-refractivity contribution < 1.29 is 19.1 Å². The maximum absolute atomic E-state index is 13.1. The highest BCUT2D eigenvalue weighted by molar-refractivity contribution is 8.18. The van der Waals surface area contributed by atoms with Gasteiger partial charge in [0, 0.05) is 25.9 Å². The van der Waals surface area contributed by atoms with Crippen molar-refractivity contribution in [1.82, 2.24) is 4.90 Å². The zero-order valence-electron chi connectivity index (χ0n) is 16.9. The van der Waals surface area contributed by atoms with E-state index in [-0.39, 0.29) is 24.5 Å². The monoisotopic (exact) mass is 515 g/mol. The summed E-state index contributed by atoms with van der Waals surface area (Å²) in [5, 5.41) is 0.735. The highest BCUT2D eigenvalue weighted by Gasteiger charge is 2.36. The number of hydrogen-bond acceptors (Lipinski definition) is 6. The standard InChI is InChI=1S/C24H15Cl2NO4S2/c25-16-5-7-17(8-6-16)32-21-4-2-1-3-14(21)10-22-23(28)27(24(29)33-22)12-15-9-19-20(11-18(15)26)31-13-30-19/h1-11H,12-13H2/b22-10-. The van der Waals surface area contributed by atoms with Crippen molar-refractivity contribution in [3.63, 3.8) is 0 Å². The van der Waals surface area contributed by atoms with Crippen molar-refractivity contribution in [3.05, 3.63) is 86.7 Å². The van der Waals surface area contributed by atoms with Gasteiger partial charge in [0.2, 0.25) is 6.79 Å². The van der Waals surface area contributed by atoms with E-state index in [1.807, 2.05) is 48.5 Å². The number of rotatable bonds is 5. The van der Waals surface area contributed by atoms with Gasteiger partial charge in [-0.3, -0.25) is 14.5 Å². The average molecular weight is 516 g/mol. The minimum Gasteiger partial charge on any atom is -0.454 e. The smallest absolute Gasteiger partial charge is 0.293 e. The second-order valence-corrected chi connectivity index (χ2v) is 10.1. The van der Waals surface area contributed by atoms with Crippen LogP contribution in [0.5, 0.6) is 11.5 Å². The quantitative estimate of drug-likeness (QED) is 0.337. The van der Waals surface area contributed by atoms with Gasteiger partial charge < -0.3 is 9.47 Å². The summed E-state index contributed by atoms with van der Waals surface area (Å²) in [6, 6.07) is 18.6. The molecule has 1 fully saturated rings. The Labute approximate surface area is 208 Å². The lowest BCUT2D eigenvalue weighted by molar-refractivity contribution is -0.123. The average Bonchev–Trinajstić information content (AvgIpc) is 3.36. The summed E-state index contributed by atoms with van der Waals surface area (Å²) in [6.07, 6.45) is 1.75. The number of ether oxygens (including phenoxy) is 2. The SMILES string of the molecule is O=C1S/C(=C\c2ccccc2Sc2ccc(Cl)cc2)C(=O)N1Cc1cc2c(cc1Cl)OCO2. The van der Waals surface area contributed by atoms with Crippen molar-refractivity contribution in [1.29, 1.82) is 0 Å². The van der Waals surface area contributed by atoms with Gasteiger partial charge >= 0.3 is 0 Å². The highest BCUT2D eigenvalue weighted by atomic mass is 35.5. The summed E-state index contributed by atoms with van der Waals surface area (Å²) in [5.74, 6) is 0.739. The third kappa shape index (κ3) is 4.73. The molecule has 0 saturated carbocycles. The van der Waals surface area contributed by atoms with E-state index in [1.165, 1.54) is 4.90 Å². The van der Waals surface area contributed by atoms with Gasteiger partial charge in [-0.15, -0.1) is 0 Å². The van der Waals surface area contributed by atoms with Crippen LogP contribution >= 0.6 is 46.7 Å². The summed E-state index contributed by atoms with van der Waals surface area (Å²) < 4.78 is 10.7. The predicted octanol–water partition coefficient (Wildman–Crippen LogP) is 7.11. The van der Waals surface area contributed by atoms with Crippen LogP contribution in [0, 0.1) is 0 Å². The van der Waals surface area contributed by atoms with Gasteiger partial charge in [-0.25, -0.2) is 0 Å². The number of fused-ring (bicyclic) bond motifs is 1. The van der Waals surface area contributed by atoms with Crippen LogP contribution in [0.4, 0.5) is 4.79 Å². The molecule has 3 aromatic rings. The van der Waals surface area contributed by atoms with E-state index in [0.29, 0.717) is 32.0 Å². The first-order valence-corrected chi connectivity index (χ1v) is 12.2. The Morgan fingerprint density at radius 2 is 1.73 bits per heavy atom. The van der Waals surface area contributed by atoms with Gasteiger partial charge in [0.15, 0.2) is 11.5 Å². The topological polar surface area (TPSA) is 55.8 Å². The molecule has 0 spiro atoms. The maximum atomic E-state index is 13.1. The lowest BCUT2D eigenvalue weighted by atomic mass is 10.1. The minimum atomic E-state index is -0.356. The van der Waals surface area contributed by atoms with Crippen LogP contribution in [0.1, 0.15) is 11.1 Å². The molecule has 0 bridgehead atoms. The molecule has 3 aromatic carbocycles. The fourth-order valence-corrected chi connectivity index (χ4v) is 5.44. The van der Waals surface area contributed by atoms with Gasteiger partial charge in [-0.05, 0) is 65.4 Å². The number of imide groups is 1. The second-order valence-electron chi connectivity index (χ2n) is 7.16. The zero-order chi connectivity index (χ0) is 22.9. The predicted molar refractivity (Wildman–Crippen MR) is 131 cm³/mol. The lowest BCUT2D eigenvalue weighted by Crippen LogP contribution is -2.27. The molecule has 0 radical (unpaired) electrons. The molecule has 0 atom stereocenters. The number of carbonyl (C=O) groups excluding carboxylic acids is 2. The van der Waals surface area contributed by atoms with Crippen molar-refractivity contribution in [2.24, 2.45) is 0 Å². The molecule has 0 N–H and O–H groups in total. The lowest BCUT2D eigenvalue weighted by Gasteiger charge is -2.14. The number of halogens is 2. The van der Waals surface area contributed by atoms with E-state index in [1.54, 1.807) is 30.0 Å². The van der Waals surface area contributed by atoms with Gasteiger partial charge in [0.25, 0.3) is 11.1 Å². The summed E-state index contributed by atoms with van der Waals surface area (Å²) in [6.45, 7) is 0.172. The molecule has 5 rings (SSSR count). The first-order valence-electron chi connectivity index (χ1n) is 9.84. The molecule has 9 heteroatoms. The molecule has 2 heterocycles. The molecule has 5 nitrogen and oxygen atoms in total. The van der Waals surface area contributed by atoms with Crippen molar-refractivity contribution >= 4 is 63.9 Å². The maximum Gasteiger partial charge on any atom is 0.293 e. The van der Waals surface area contributed by atoms with Crippen LogP contribution in [0.2, 0.25) is 10.0 Å². The largest absolute Gasteiger partial charge is 0.454 e. The van der Waals surface area contributed by atoms with Crippen LogP contribution in [0.15, 0.2) is 75.4 Å². The van der Waals surface area contributed by atoms with Crippen molar-refractivity contribution in [3.8, 4) is 11.5 Å². The first-order chi connectivity index (χ1) is 16.0. The third-order valence-corrected chi connectivity index (χ3v) is 7.60. The molecular weight excluding hydrogens is 501 g/mol. The van der Waals surface area contributed by atoms with Crippen LogP contribution in [0.3, 0.4) is 0 Å². The number of carbonyl (C=O) groups is 2. The van der Waals surface area contributed by atoms with Crippen LogP contribution in [-0.2, 0) is 11.3 Å². The highest BCUT2D eigenvalue weighted by Crippen LogP contribution is 2.40. The number of benzene rings is 3. The summed E-state index contributed by atoms with van der Waals surface area (Å²) in [4.78, 5) is 29.3. The summed E-state index contributed by atoms with van der Waals surface area (Å²) in [5.41, 5.74) is 1.47. The molecule has 2 amide bonds. The normalized spacial score (nSPS) is 16.2. The number of hydrogen-bond donors (Lipinski definition) is 0. The zero-order valence-corrected chi connectivity index (χ0v) is 20.1. The van der Waals surface area contributed by atoms with E-state index < -0.39 is 0 Å². The van der Waals surface area contributed by atoms with Gasteiger partial charge in [-0.2, -0.15) is 0 Å². The van der Waals surface area contributed by atoms with E-state index in [0.717, 1.165) is 27.1 Å². The molecule has 2 aliphatic heterocycles. The number of thioether (sulfide) groups is 1. The Morgan fingerprint density at radius 1 is 1.00 bits per heavy atom. The van der Waals surface area contributed by atoms with Crippen LogP contribution < -0.4 is 9.47 Å². The van der Waals surface area contributed by atoms with Crippen LogP contribution in [-0.4, -0.2) is 22.8 Å². The molecule has 0 aromatic heterocycles. The van der Waals surface area contributed by atoms with Crippen molar-refractivity contribution in [2.75, 3.05) is 6.79 Å². The van der Waals surface area contributed by atoms with E-state index in [4.69, 9.17) is 32.7 Å². The van der Waals surface area contributed by atoms with Gasteiger partial charge in [0.05, 0.1) is 11.4 Å². The van der Waals surface area contributed by atoms with Gasteiger partial charge in [-0.1, -0.05) is 53.2 Å². The number of nitrogens with zero attached hydrogens (tertiary/aromatic N) is 1. The molecule has 2 aliphatic rings. The first kappa shape index (κ1) is 22.2.